The van der Waals surface area contributed by atoms with Gasteiger partial charge in [-0.15, -0.1) is 0 Å². The number of fused-ring (bicyclic) bond motifs is 1. The highest BCUT2D eigenvalue weighted by molar-refractivity contribution is 6.34. The molecule has 0 unspecified atom stereocenters. The Balaban J connectivity index is 1.73. The van der Waals surface area contributed by atoms with Gasteiger partial charge in [0.1, 0.15) is 17.1 Å². The first-order valence-corrected chi connectivity index (χ1v) is 9.57. The van der Waals surface area contributed by atoms with Crippen LogP contribution in [0.1, 0.15) is 22.3 Å². The van der Waals surface area contributed by atoms with E-state index < -0.39 is 17.5 Å². The Morgan fingerprint density at radius 1 is 1.10 bits per heavy atom. The number of rotatable bonds is 3. The van der Waals surface area contributed by atoms with Gasteiger partial charge in [0.25, 0.3) is 5.91 Å². The van der Waals surface area contributed by atoms with E-state index in [4.69, 9.17) is 27.9 Å². The molecule has 0 saturated heterocycles. The Hall–Kier alpha value is -2.70. The molecule has 2 aromatic carbocycles. The van der Waals surface area contributed by atoms with Crippen molar-refractivity contribution < 1.29 is 18.3 Å². The molecule has 0 fully saturated rings. The fraction of sp³-hybridized carbons (Fsp3) is 0.143. The second kappa shape index (κ2) is 7.97. The number of hydrogen-bond donors (Lipinski definition) is 0. The molecule has 1 aliphatic heterocycles. The molecule has 1 aliphatic rings. The molecule has 29 heavy (non-hydrogen) atoms. The van der Waals surface area contributed by atoms with Crippen LogP contribution in [0.4, 0.5) is 14.5 Å². The zero-order valence-electron chi connectivity index (χ0n) is 15.0. The molecule has 2 heterocycles. The van der Waals surface area contributed by atoms with Crippen molar-refractivity contribution in [1.82, 2.24) is 4.98 Å². The number of ether oxygens (including phenoxy) is 1. The number of nitrogens with zero attached hydrogens (tertiary/aromatic N) is 2. The van der Waals surface area contributed by atoms with Crippen molar-refractivity contribution in [2.24, 2.45) is 0 Å². The fourth-order valence-corrected chi connectivity index (χ4v) is 3.58. The van der Waals surface area contributed by atoms with E-state index in [1.54, 1.807) is 12.1 Å². The van der Waals surface area contributed by atoms with Gasteiger partial charge in [0.15, 0.2) is 11.6 Å². The van der Waals surface area contributed by atoms with Crippen LogP contribution in [0.25, 0.3) is 0 Å². The molecule has 0 spiro atoms. The zero-order valence-corrected chi connectivity index (χ0v) is 16.5. The molecule has 1 amide bonds. The quantitative estimate of drug-likeness (QED) is 0.503. The summed E-state index contributed by atoms with van der Waals surface area (Å²) in [5, 5.41) is 0.717. The summed E-state index contributed by atoms with van der Waals surface area (Å²) in [5.41, 5.74) is 0.629. The summed E-state index contributed by atoms with van der Waals surface area (Å²) in [7, 11) is 0. The van der Waals surface area contributed by atoms with Gasteiger partial charge in [-0.25, -0.2) is 8.78 Å². The average Bonchev–Trinajstić information content (AvgIpc) is 2.73. The summed E-state index contributed by atoms with van der Waals surface area (Å²) in [4.78, 5) is 18.5. The lowest BCUT2D eigenvalue weighted by atomic mass is 10.00. The topological polar surface area (TPSA) is 42.4 Å². The Kier molecular flexibility index (Phi) is 5.39. The summed E-state index contributed by atoms with van der Waals surface area (Å²) < 4.78 is 34.1. The number of aryl methyl sites for hydroxylation is 1. The molecule has 0 aliphatic carbocycles. The van der Waals surface area contributed by atoms with Crippen molar-refractivity contribution in [2.45, 2.75) is 12.8 Å². The van der Waals surface area contributed by atoms with Gasteiger partial charge in [-0.1, -0.05) is 29.3 Å². The Morgan fingerprint density at radius 3 is 2.76 bits per heavy atom. The number of aromatic nitrogens is 1. The number of carbonyl (C=O) groups excluding carboxylic acids is 1. The lowest BCUT2D eigenvalue weighted by Gasteiger charge is -2.30. The van der Waals surface area contributed by atoms with Crippen LogP contribution >= 0.6 is 23.2 Å². The van der Waals surface area contributed by atoms with Gasteiger partial charge in [0, 0.05) is 30.0 Å². The largest absolute Gasteiger partial charge is 0.455 e. The molecular formula is C21H14Cl2F2N2O2. The van der Waals surface area contributed by atoms with Crippen molar-refractivity contribution in [2.75, 3.05) is 11.4 Å². The van der Waals surface area contributed by atoms with Gasteiger partial charge >= 0.3 is 0 Å². The lowest BCUT2D eigenvalue weighted by Crippen LogP contribution is -2.36. The van der Waals surface area contributed by atoms with Gasteiger partial charge < -0.3 is 9.64 Å². The number of benzene rings is 2. The predicted octanol–water partition coefficient (Wildman–Crippen LogP) is 6.05. The van der Waals surface area contributed by atoms with E-state index in [1.165, 1.54) is 35.5 Å². The smallest absolute Gasteiger partial charge is 0.263 e. The zero-order chi connectivity index (χ0) is 20.5. The first-order chi connectivity index (χ1) is 14.0. The Morgan fingerprint density at radius 2 is 1.93 bits per heavy atom. The highest BCUT2D eigenvalue weighted by atomic mass is 35.5. The van der Waals surface area contributed by atoms with E-state index in [0.29, 0.717) is 28.5 Å². The first-order valence-electron chi connectivity index (χ1n) is 8.81. The normalized spacial score (nSPS) is 13.2. The van der Waals surface area contributed by atoms with Crippen molar-refractivity contribution in [1.29, 1.82) is 0 Å². The Labute approximate surface area is 175 Å². The number of hydrogen-bond acceptors (Lipinski definition) is 3. The third kappa shape index (κ3) is 3.78. The van der Waals surface area contributed by atoms with Crippen LogP contribution in [0.15, 0.2) is 48.8 Å². The summed E-state index contributed by atoms with van der Waals surface area (Å²) in [6.45, 7) is 0.248. The van der Waals surface area contributed by atoms with Crippen LogP contribution in [-0.4, -0.2) is 17.4 Å². The van der Waals surface area contributed by atoms with E-state index in [9.17, 15) is 13.6 Å². The van der Waals surface area contributed by atoms with Gasteiger partial charge in [-0.05, 0) is 42.7 Å². The minimum atomic E-state index is -1.04. The number of carbonyl (C=O) groups is 1. The predicted molar refractivity (Wildman–Crippen MR) is 107 cm³/mol. The van der Waals surface area contributed by atoms with Crippen LogP contribution in [0.5, 0.6) is 11.5 Å². The maximum Gasteiger partial charge on any atom is 0.263 e. The van der Waals surface area contributed by atoms with Crippen LogP contribution < -0.4 is 9.64 Å². The highest BCUT2D eigenvalue weighted by Gasteiger charge is 2.30. The van der Waals surface area contributed by atoms with Crippen molar-refractivity contribution >= 4 is 34.8 Å². The van der Waals surface area contributed by atoms with E-state index >= 15 is 0 Å². The minimum absolute atomic E-state index is 0.0446. The Bertz CT molecular complexity index is 1110. The molecule has 0 atom stereocenters. The monoisotopic (exact) mass is 434 g/mol. The van der Waals surface area contributed by atoms with Gasteiger partial charge in [-0.3, -0.25) is 9.78 Å². The lowest BCUT2D eigenvalue weighted by molar-refractivity contribution is 0.0981. The van der Waals surface area contributed by atoms with Crippen molar-refractivity contribution in [3.05, 3.63) is 81.6 Å². The number of pyridine rings is 1. The highest BCUT2D eigenvalue weighted by Crippen LogP contribution is 2.36. The SMILES string of the molecule is O=C(c1cnccc1Oc1cc(Cl)ccc1Cl)N1CCCc2ccc(F)c(F)c21. The number of amides is 1. The summed E-state index contributed by atoms with van der Waals surface area (Å²) in [5.74, 6) is -2.15. The summed E-state index contributed by atoms with van der Waals surface area (Å²) >= 11 is 12.1. The third-order valence-electron chi connectivity index (χ3n) is 4.62. The fourth-order valence-electron chi connectivity index (χ4n) is 3.27. The molecule has 0 N–H and O–H groups in total. The average molecular weight is 435 g/mol. The van der Waals surface area contributed by atoms with E-state index in [2.05, 4.69) is 4.98 Å². The van der Waals surface area contributed by atoms with Gasteiger partial charge in [0.2, 0.25) is 0 Å². The van der Waals surface area contributed by atoms with Crippen molar-refractivity contribution in [3.63, 3.8) is 0 Å². The molecule has 148 valence electrons. The van der Waals surface area contributed by atoms with Crippen LogP contribution in [0, 0.1) is 11.6 Å². The number of halogens is 4. The van der Waals surface area contributed by atoms with Crippen LogP contribution in [-0.2, 0) is 6.42 Å². The van der Waals surface area contributed by atoms with Gasteiger partial charge in [0.05, 0.1) is 10.7 Å². The molecular weight excluding hydrogens is 421 g/mol. The maximum absolute atomic E-state index is 14.5. The van der Waals surface area contributed by atoms with E-state index in [-0.39, 0.29) is 29.3 Å². The third-order valence-corrected chi connectivity index (χ3v) is 5.17. The first kappa shape index (κ1) is 19.6. The molecule has 4 rings (SSSR count). The summed E-state index contributed by atoms with van der Waals surface area (Å²) in [6.07, 6.45) is 3.96. The van der Waals surface area contributed by atoms with E-state index in [1.807, 2.05) is 0 Å². The molecule has 0 radical (unpaired) electrons. The summed E-state index contributed by atoms with van der Waals surface area (Å²) in [6, 6.07) is 8.76. The second-order valence-electron chi connectivity index (χ2n) is 6.48. The molecule has 4 nitrogen and oxygen atoms in total. The molecule has 0 saturated carbocycles. The van der Waals surface area contributed by atoms with E-state index in [0.717, 1.165) is 6.07 Å². The van der Waals surface area contributed by atoms with Crippen LogP contribution in [0.2, 0.25) is 10.0 Å². The van der Waals surface area contributed by atoms with Gasteiger partial charge in [-0.2, -0.15) is 0 Å². The maximum atomic E-state index is 14.5. The van der Waals surface area contributed by atoms with Crippen LogP contribution in [0.3, 0.4) is 0 Å². The van der Waals surface area contributed by atoms with Crippen molar-refractivity contribution in [3.8, 4) is 11.5 Å². The molecule has 8 heteroatoms. The molecule has 1 aromatic heterocycles. The molecule has 0 bridgehead atoms. The molecule has 3 aromatic rings. The minimum Gasteiger partial charge on any atom is -0.455 e. The standard InChI is InChI=1S/C21H14Cl2F2N2O2/c22-13-4-5-15(23)18(10-13)29-17-7-8-26-11-14(17)21(28)27-9-1-2-12-3-6-16(24)19(25)20(12)27/h3-8,10-11H,1-2,9H2. The second-order valence-corrected chi connectivity index (χ2v) is 7.32. The number of anilines is 1.